The molecular formula is C18H25N3O2P+. The van der Waals surface area contributed by atoms with Crippen molar-refractivity contribution in [2.24, 2.45) is 7.05 Å². The Morgan fingerprint density at radius 3 is 2.50 bits per heavy atom. The summed E-state index contributed by atoms with van der Waals surface area (Å²) in [6, 6.07) is 8.36. The van der Waals surface area contributed by atoms with Gasteiger partial charge in [-0.05, 0) is 23.6 Å². The molecule has 2 atom stereocenters. The fraction of sp³-hybridized carbons (Fsp3) is 0.444. The molecule has 6 heteroatoms. The highest BCUT2D eigenvalue weighted by molar-refractivity contribution is 7.69. The average Bonchev–Trinajstić information content (AvgIpc) is 2.92. The van der Waals surface area contributed by atoms with Crippen LogP contribution in [0.15, 0.2) is 36.7 Å². The predicted octanol–water partition coefficient (Wildman–Crippen LogP) is 3.89. The number of nitrogens with zero attached hydrogens (tertiary/aromatic N) is 3. The van der Waals surface area contributed by atoms with Crippen molar-refractivity contribution in [3.8, 4) is 0 Å². The summed E-state index contributed by atoms with van der Waals surface area (Å²) < 4.78 is 7.53. The van der Waals surface area contributed by atoms with Gasteiger partial charge in [-0.1, -0.05) is 24.3 Å². The Morgan fingerprint density at radius 2 is 1.92 bits per heavy atom. The summed E-state index contributed by atoms with van der Waals surface area (Å²) in [5.74, 6) is 0.122. The maximum absolute atomic E-state index is 12.7. The molecule has 2 aromatic rings. The molecule has 0 saturated heterocycles. The molecule has 0 radical (unpaired) electrons. The lowest BCUT2D eigenvalue weighted by atomic mass is 9.83. The van der Waals surface area contributed by atoms with E-state index in [9.17, 15) is 4.79 Å². The average molecular weight is 346 g/mol. The van der Waals surface area contributed by atoms with Gasteiger partial charge in [0.1, 0.15) is 0 Å². The van der Waals surface area contributed by atoms with Gasteiger partial charge in [-0.2, -0.15) is 5.10 Å². The summed E-state index contributed by atoms with van der Waals surface area (Å²) in [6.45, 7) is 8.70. The summed E-state index contributed by atoms with van der Waals surface area (Å²) in [5.41, 5.74) is 3.58. The van der Waals surface area contributed by atoms with Crippen LogP contribution in [0.25, 0.3) is 0 Å². The van der Waals surface area contributed by atoms with Gasteiger partial charge in [0.15, 0.2) is 7.49 Å². The van der Waals surface area contributed by atoms with E-state index in [2.05, 4.69) is 30.2 Å². The molecule has 1 aliphatic rings. The van der Waals surface area contributed by atoms with Gasteiger partial charge < -0.3 is 0 Å². The van der Waals surface area contributed by atoms with E-state index in [-0.39, 0.29) is 18.1 Å². The van der Waals surface area contributed by atoms with Crippen LogP contribution in [-0.4, -0.2) is 47.3 Å². The van der Waals surface area contributed by atoms with Crippen molar-refractivity contribution in [3.63, 3.8) is 0 Å². The van der Waals surface area contributed by atoms with Gasteiger partial charge in [0, 0.05) is 25.7 Å². The summed E-state index contributed by atoms with van der Waals surface area (Å²) >= 11 is 0. The first-order chi connectivity index (χ1) is 11.3. The van der Waals surface area contributed by atoms with Crippen molar-refractivity contribution in [2.45, 2.75) is 18.9 Å². The van der Waals surface area contributed by atoms with E-state index in [1.807, 2.05) is 50.4 Å². The number of carbonyl (C=O) groups excluding carboxylic acids is 1. The minimum atomic E-state index is -1.64. The highest BCUT2D eigenvalue weighted by Crippen LogP contribution is 2.49. The van der Waals surface area contributed by atoms with Crippen LogP contribution in [0.3, 0.4) is 0 Å². The normalized spacial score (nSPS) is 20.6. The van der Waals surface area contributed by atoms with E-state index < -0.39 is 7.49 Å². The molecule has 0 aliphatic carbocycles. The second kappa shape index (κ2) is 6.21. The third-order valence-corrected chi connectivity index (χ3v) is 5.09. The van der Waals surface area contributed by atoms with Gasteiger partial charge in [0.25, 0.3) is 0 Å². The fourth-order valence-electron chi connectivity index (χ4n) is 3.25. The summed E-state index contributed by atoms with van der Waals surface area (Å²) in [6.07, 6.45) is 3.70. The van der Waals surface area contributed by atoms with Crippen molar-refractivity contribution < 1.29 is 9.32 Å². The Kier molecular flexibility index (Phi) is 4.39. The number of fused-ring (bicyclic) bond motifs is 1. The third kappa shape index (κ3) is 3.32. The summed E-state index contributed by atoms with van der Waals surface area (Å²) in [5, 5.41) is 4.30. The molecule has 3 rings (SSSR count). The molecule has 1 aromatic carbocycles. The number of benzene rings is 1. The second-order valence-electron chi connectivity index (χ2n) is 7.20. The van der Waals surface area contributed by atoms with E-state index in [0.29, 0.717) is 6.54 Å². The summed E-state index contributed by atoms with van der Waals surface area (Å²) in [7, 11) is 0.269. The predicted molar refractivity (Wildman–Crippen MR) is 97.8 cm³/mol. The Morgan fingerprint density at radius 1 is 1.25 bits per heavy atom. The SMILES string of the molecule is CC1c2ccccc2C(c2cnn(C)c2)CN1C(=O)O[P+](C)(C)C. The highest BCUT2D eigenvalue weighted by Gasteiger charge is 2.38. The molecule has 1 aromatic heterocycles. The minimum absolute atomic E-state index is 0.00757. The van der Waals surface area contributed by atoms with Crippen LogP contribution in [0, 0.1) is 0 Å². The molecule has 1 amide bonds. The van der Waals surface area contributed by atoms with Crippen LogP contribution in [0.4, 0.5) is 4.79 Å². The zero-order valence-electron chi connectivity index (χ0n) is 14.9. The monoisotopic (exact) mass is 346 g/mol. The van der Waals surface area contributed by atoms with Gasteiger partial charge in [0.2, 0.25) is 0 Å². The topological polar surface area (TPSA) is 47.4 Å². The lowest BCUT2D eigenvalue weighted by Gasteiger charge is -2.38. The van der Waals surface area contributed by atoms with E-state index in [1.54, 1.807) is 4.68 Å². The molecule has 2 unspecified atom stereocenters. The van der Waals surface area contributed by atoms with Crippen LogP contribution in [0.5, 0.6) is 0 Å². The second-order valence-corrected chi connectivity index (χ2v) is 11.2. The molecule has 5 nitrogen and oxygen atoms in total. The fourth-order valence-corrected chi connectivity index (χ4v) is 3.83. The Bertz CT molecular complexity index is 751. The van der Waals surface area contributed by atoms with Crippen molar-refractivity contribution in [1.82, 2.24) is 14.7 Å². The van der Waals surface area contributed by atoms with Gasteiger partial charge in [-0.3, -0.25) is 14.1 Å². The van der Waals surface area contributed by atoms with Gasteiger partial charge >= 0.3 is 6.09 Å². The number of amides is 1. The largest absolute Gasteiger partial charge is 0.447 e. The van der Waals surface area contributed by atoms with Gasteiger partial charge in [0.05, 0.1) is 32.2 Å². The first kappa shape index (κ1) is 17.0. The molecule has 24 heavy (non-hydrogen) atoms. The van der Waals surface area contributed by atoms with Crippen molar-refractivity contribution >= 4 is 13.6 Å². The molecule has 1 aliphatic heterocycles. The standard InChI is InChI=1S/C18H25N3O2P/c1-13-15-8-6-7-9-16(15)17(14-10-19-20(2)11-14)12-21(13)18(22)23-24(3,4)5/h6-11,13,17H,12H2,1-5H3/q+1. The molecular weight excluding hydrogens is 321 g/mol. The van der Waals surface area contributed by atoms with Crippen molar-refractivity contribution in [2.75, 3.05) is 26.5 Å². The third-order valence-electron chi connectivity index (χ3n) is 4.38. The maximum Gasteiger partial charge on any atom is 0.447 e. The van der Waals surface area contributed by atoms with Crippen LogP contribution in [0.1, 0.15) is 35.6 Å². The molecule has 2 heterocycles. The number of hydrogen-bond donors (Lipinski definition) is 0. The molecule has 0 bridgehead atoms. The Labute approximate surface area is 144 Å². The molecule has 128 valence electrons. The van der Waals surface area contributed by atoms with Crippen molar-refractivity contribution in [1.29, 1.82) is 0 Å². The van der Waals surface area contributed by atoms with Crippen LogP contribution in [0.2, 0.25) is 0 Å². The van der Waals surface area contributed by atoms with E-state index in [4.69, 9.17) is 4.52 Å². The van der Waals surface area contributed by atoms with Crippen molar-refractivity contribution in [3.05, 3.63) is 53.3 Å². The Hall–Kier alpha value is -1.87. The number of hydrogen-bond acceptors (Lipinski definition) is 3. The zero-order valence-corrected chi connectivity index (χ0v) is 15.8. The molecule has 0 fully saturated rings. The maximum atomic E-state index is 12.7. The summed E-state index contributed by atoms with van der Waals surface area (Å²) in [4.78, 5) is 14.6. The Balaban J connectivity index is 1.99. The number of carbonyl (C=O) groups is 1. The molecule has 0 N–H and O–H groups in total. The zero-order chi connectivity index (χ0) is 17.5. The first-order valence-electron chi connectivity index (χ1n) is 8.15. The van der Waals surface area contributed by atoms with Gasteiger partial charge in [-0.15, -0.1) is 0 Å². The quantitative estimate of drug-likeness (QED) is 0.775. The van der Waals surface area contributed by atoms with E-state index in [0.717, 1.165) is 5.56 Å². The smallest absolute Gasteiger partial charge is 0.297 e. The number of rotatable bonds is 2. The van der Waals surface area contributed by atoms with Crippen LogP contribution in [-0.2, 0) is 11.6 Å². The molecule has 0 saturated carbocycles. The lowest BCUT2D eigenvalue weighted by molar-refractivity contribution is 0.131. The van der Waals surface area contributed by atoms with E-state index >= 15 is 0 Å². The minimum Gasteiger partial charge on any atom is -0.297 e. The number of aromatic nitrogens is 2. The lowest BCUT2D eigenvalue weighted by Crippen LogP contribution is -2.41. The number of aryl methyl sites for hydroxylation is 1. The first-order valence-corrected chi connectivity index (χ1v) is 11.2. The van der Waals surface area contributed by atoms with Gasteiger partial charge in [-0.25, -0.2) is 4.79 Å². The van der Waals surface area contributed by atoms with Crippen LogP contribution >= 0.6 is 7.49 Å². The van der Waals surface area contributed by atoms with Crippen LogP contribution < -0.4 is 0 Å². The molecule has 0 spiro atoms. The van der Waals surface area contributed by atoms with E-state index in [1.165, 1.54) is 11.1 Å². The highest BCUT2D eigenvalue weighted by atomic mass is 31.2.